The fourth-order valence-corrected chi connectivity index (χ4v) is 3.72. The molecule has 0 radical (unpaired) electrons. The number of aryl methyl sites for hydroxylation is 1. The van der Waals surface area contributed by atoms with Crippen LogP contribution in [0.3, 0.4) is 0 Å². The van der Waals surface area contributed by atoms with Gasteiger partial charge in [-0.05, 0) is 49.9 Å². The van der Waals surface area contributed by atoms with E-state index < -0.39 is 0 Å². The lowest BCUT2D eigenvalue weighted by Crippen LogP contribution is -2.39. The quantitative estimate of drug-likeness (QED) is 0.873. The third-order valence-corrected chi connectivity index (χ3v) is 4.92. The van der Waals surface area contributed by atoms with E-state index in [-0.39, 0.29) is 0 Å². The molecule has 3 rings (SSSR count). The standard InChI is InChI=1S/C18H27NO2/c1-3-19-17(16-9-11-20-13(16)2)6-4-14-5-7-18-15(12-14)8-10-21-18/h5,7,12-13,16-17,19H,3-4,6,8-11H2,1-2H3. The Bertz CT molecular complexity index is 474. The largest absolute Gasteiger partial charge is 0.493 e. The molecule has 116 valence electrons. The molecule has 1 saturated heterocycles. The van der Waals surface area contributed by atoms with Crippen molar-refractivity contribution < 1.29 is 9.47 Å². The van der Waals surface area contributed by atoms with Crippen LogP contribution in [-0.4, -0.2) is 31.9 Å². The molecule has 2 heterocycles. The first-order valence-corrected chi connectivity index (χ1v) is 8.37. The van der Waals surface area contributed by atoms with Crippen LogP contribution in [0.25, 0.3) is 0 Å². The van der Waals surface area contributed by atoms with Gasteiger partial charge in [0, 0.05) is 25.0 Å². The Balaban J connectivity index is 1.61. The summed E-state index contributed by atoms with van der Waals surface area (Å²) >= 11 is 0. The SMILES string of the molecule is CCNC(CCc1ccc2c(c1)CCO2)C1CCOC1C. The molecule has 3 nitrogen and oxygen atoms in total. The first-order chi connectivity index (χ1) is 10.3. The highest BCUT2D eigenvalue weighted by Gasteiger charge is 2.31. The summed E-state index contributed by atoms with van der Waals surface area (Å²) in [6, 6.07) is 7.26. The Hall–Kier alpha value is -1.06. The van der Waals surface area contributed by atoms with Crippen molar-refractivity contribution in [2.75, 3.05) is 19.8 Å². The molecule has 2 aliphatic heterocycles. The average molecular weight is 289 g/mol. The molecule has 2 aliphatic rings. The zero-order valence-corrected chi connectivity index (χ0v) is 13.2. The Kier molecular flexibility index (Phi) is 4.81. The van der Waals surface area contributed by atoms with Gasteiger partial charge in [0.1, 0.15) is 5.75 Å². The molecule has 0 spiro atoms. The number of fused-ring (bicyclic) bond motifs is 1. The number of nitrogens with one attached hydrogen (secondary N) is 1. The highest BCUT2D eigenvalue weighted by Crippen LogP contribution is 2.29. The van der Waals surface area contributed by atoms with Gasteiger partial charge in [-0.2, -0.15) is 0 Å². The Morgan fingerprint density at radius 1 is 1.33 bits per heavy atom. The summed E-state index contributed by atoms with van der Waals surface area (Å²) in [6.45, 7) is 7.21. The second-order valence-corrected chi connectivity index (χ2v) is 6.27. The van der Waals surface area contributed by atoms with E-state index >= 15 is 0 Å². The van der Waals surface area contributed by atoms with Crippen molar-refractivity contribution in [3.8, 4) is 5.75 Å². The molecule has 0 amide bonds. The summed E-state index contributed by atoms with van der Waals surface area (Å²) in [6.07, 6.45) is 4.96. The van der Waals surface area contributed by atoms with E-state index in [2.05, 4.69) is 37.4 Å². The highest BCUT2D eigenvalue weighted by atomic mass is 16.5. The lowest BCUT2D eigenvalue weighted by atomic mass is 9.89. The number of rotatable bonds is 6. The lowest BCUT2D eigenvalue weighted by Gasteiger charge is -2.26. The molecule has 0 aliphatic carbocycles. The van der Waals surface area contributed by atoms with E-state index in [4.69, 9.17) is 9.47 Å². The summed E-state index contributed by atoms with van der Waals surface area (Å²) < 4.78 is 11.3. The van der Waals surface area contributed by atoms with Gasteiger partial charge in [0.2, 0.25) is 0 Å². The van der Waals surface area contributed by atoms with Crippen molar-refractivity contribution in [3.63, 3.8) is 0 Å². The van der Waals surface area contributed by atoms with Gasteiger partial charge < -0.3 is 14.8 Å². The molecule has 3 atom stereocenters. The number of hydrogen-bond acceptors (Lipinski definition) is 3. The zero-order valence-electron chi connectivity index (χ0n) is 13.2. The molecule has 1 aromatic rings. The van der Waals surface area contributed by atoms with Crippen LogP contribution in [0.5, 0.6) is 5.75 Å². The summed E-state index contributed by atoms with van der Waals surface area (Å²) in [5.41, 5.74) is 2.82. The first kappa shape index (κ1) is 14.9. The van der Waals surface area contributed by atoms with Gasteiger partial charge in [0.15, 0.2) is 0 Å². The first-order valence-electron chi connectivity index (χ1n) is 8.37. The number of ether oxygens (including phenoxy) is 2. The fraction of sp³-hybridized carbons (Fsp3) is 0.667. The molecule has 0 bridgehead atoms. The van der Waals surface area contributed by atoms with Crippen molar-refractivity contribution in [1.82, 2.24) is 5.32 Å². The van der Waals surface area contributed by atoms with Gasteiger partial charge in [-0.3, -0.25) is 0 Å². The van der Waals surface area contributed by atoms with Gasteiger partial charge in [0.25, 0.3) is 0 Å². The van der Waals surface area contributed by atoms with E-state index in [0.29, 0.717) is 18.1 Å². The second-order valence-electron chi connectivity index (χ2n) is 6.27. The van der Waals surface area contributed by atoms with Crippen molar-refractivity contribution in [3.05, 3.63) is 29.3 Å². The fourth-order valence-electron chi connectivity index (χ4n) is 3.72. The molecule has 3 heteroatoms. The maximum atomic E-state index is 5.75. The van der Waals surface area contributed by atoms with E-state index in [0.717, 1.165) is 38.3 Å². The van der Waals surface area contributed by atoms with Crippen molar-refractivity contribution in [1.29, 1.82) is 0 Å². The van der Waals surface area contributed by atoms with Gasteiger partial charge >= 0.3 is 0 Å². The topological polar surface area (TPSA) is 30.5 Å². The second kappa shape index (κ2) is 6.80. The summed E-state index contributed by atoms with van der Waals surface area (Å²) in [7, 11) is 0. The number of benzene rings is 1. The molecule has 1 fully saturated rings. The van der Waals surface area contributed by atoms with E-state index in [1.807, 2.05) is 0 Å². The van der Waals surface area contributed by atoms with E-state index in [1.165, 1.54) is 24.0 Å². The molecule has 1 N–H and O–H groups in total. The van der Waals surface area contributed by atoms with E-state index in [9.17, 15) is 0 Å². The third kappa shape index (κ3) is 3.41. The van der Waals surface area contributed by atoms with Crippen LogP contribution < -0.4 is 10.1 Å². The maximum Gasteiger partial charge on any atom is 0.122 e. The lowest BCUT2D eigenvalue weighted by molar-refractivity contribution is 0.0945. The zero-order chi connectivity index (χ0) is 14.7. The smallest absolute Gasteiger partial charge is 0.122 e. The van der Waals surface area contributed by atoms with Gasteiger partial charge in [0.05, 0.1) is 12.7 Å². The molecule has 1 aromatic carbocycles. The van der Waals surface area contributed by atoms with Gasteiger partial charge in [-0.25, -0.2) is 0 Å². The number of hydrogen-bond donors (Lipinski definition) is 1. The summed E-state index contributed by atoms with van der Waals surface area (Å²) in [5.74, 6) is 1.74. The molecule has 21 heavy (non-hydrogen) atoms. The third-order valence-electron chi connectivity index (χ3n) is 4.92. The van der Waals surface area contributed by atoms with Crippen molar-refractivity contribution >= 4 is 0 Å². The summed E-state index contributed by atoms with van der Waals surface area (Å²) in [4.78, 5) is 0. The molecule has 0 saturated carbocycles. The predicted molar refractivity (Wildman–Crippen MR) is 84.9 cm³/mol. The maximum absolute atomic E-state index is 5.75. The minimum absolute atomic E-state index is 0.391. The van der Waals surface area contributed by atoms with Gasteiger partial charge in [-0.1, -0.05) is 19.1 Å². The van der Waals surface area contributed by atoms with Crippen LogP contribution >= 0.6 is 0 Å². The normalized spacial score (nSPS) is 25.6. The van der Waals surface area contributed by atoms with Gasteiger partial charge in [-0.15, -0.1) is 0 Å². The molecule has 0 aromatic heterocycles. The molecular formula is C18H27NO2. The van der Waals surface area contributed by atoms with Crippen LogP contribution in [0, 0.1) is 5.92 Å². The van der Waals surface area contributed by atoms with Crippen LogP contribution in [0.2, 0.25) is 0 Å². The van der Waals surface area contributed by atoms with Crippen molar-refractivity contribution in [2.24, 2.45) is 5.92 Å². The summed E-state index contributed by atoms with van der Waals surface area (Å²) in [5, 5.41) is 3.67. The highest BCUT2D eigenvalue weighted by molar-refractivity contribution is 5.39. The molecule has 3 unspecified atom stereocenters. The van der Waals surface area contributed by atoms with Crippen LogP contribution in [0.1, 0.15) is 37.8 Å². The molecular weight excluding hydrogens is 262 g/mol. The minimum Gasteiger partial charge on any atom is -0.493 e. The van der Waals surface area contributed by atoms with Crippen LogP contribution in [0.15, 0.2) is 18.2 Å². The minimum atomic E-state index is 0.391. The van der Waals surface area contributed by atoms with Crippen LogP contribution in [0.4, 0.5) is 0 Å². The average Bonchev–Trinajstić information content (AvgIpc) is 3.11. The van der Waals surface area contributed by atoms with Crippen LogP contribution in [-0.2, 0) is 17.6 Å². The predicted octanol–water partition coefficient (Wildman–Crippen LogP) is 2.96. The Morgan fingerprint density at radius 3 is 3.00 bits per heavy atom. The Morgan fingerprint density at radius 2 is 2.24 bits per heavy atom. The van der Waals surface area contributed by atoms with Crippen molar-refractivity contribution in [2.45, 2.75) is 51.7 Å². The van der Waals surface area contributed by atoms with E-state index in [1.54, 1.807) is 0 Å². The Labute approximate surface area is 128 Å². The monoisotopic (exact) mass is 289 g/mol.